The Hall–Kier alpha value is -0.740. The van der Waals surface area contributed by atoms with Gasteiger partial charge in [-0.3, -0.25) is 4.79 Å². The Morgan fingerprint density at radius 1 is 1.28 bits per heavy atom. The quantitative estimate of drug-likeness (QED) is 0.749. The van der Waals surface area contributed by atoms with Gasteiger partial charge in [0.1, 0.15) is 0 Å². The molecular formula is C13H20F3NO. The second kappa shape index (κ2) is 4.42. The van der Waals surface area contributed by atoms with Crippen molar-refractivity contribution in [3.05, 3.63) is 0 Å². The summed E-state index contributed by atoms with van der Waals surface area (Å²) in [5.74, 6) is -0.776. The molecule has 5 heteroatoms. The van der Waals surface area contributed by atoms with Crippen molar-refractivity contribution in [1.82, 2.24) is 4.90 Å². The zero-order valence-electron chi connectivity index (χ0n) is 10.9. The van der Waals surface area contributed by atoms with Gasteiger partial charge in [-0.2, -0.15) is 13.2 Å². The first-order chi connectivity index (χ1) is 8.20. The van der Waals surface area contributed by atoms with Crippen LogP contribution in [0.15, 0.2) is 0 Å². The fourth-order valence-corrected chi connectivity index (χ4v) is 2.87. The maximum Gasteiger partial charge on any atom is 0.392 e. The third-order valence-corrected chi connectivity index (χ3v) is 4.14. The molecule has 1 aliphatic carbocycles. The monoisotopic (exact) mass is 263 g/mol. The van der Waals surface area contributed by atoms with Gasteiger partial charge in [0.05, 0.1) is 5.92 Å². The van der Waals surface area contributed by atoms with E-state index in [1.54, 1.807) is 18.7 Å². The molecule has 0 bridgehead atoms. The summed E-state index contributed by atoms with van der Waals surface area (Å²) >= 11 is 0. The smallest absolute Gasteiger partial charge is 0.342 e. The van der Waals surface area contributed by atoms with Gasteiger partial charge in [-0.15, -0.1) is 0 Å². The fourth-order valence-electron chi connectivity index (χ4n) is 2.87. The van der Waals surface area contributed by atoms with E-state index in [1.807, 2.05) is 0 Å². The van der Waals surface area contributed by atoms with Crippen molar-refractivity contribution in [3.63, 3.8) is 0 Å². The molecule has 0 radical (unpaired) electrons. The number of piperidine rings is 1. The fraction of sp³-hybridized carbons (Fsp3) is 0.923. The summed E-state index contributed by atoms with van der Waals surface area (Å²) in [4.78, 5) is 13.6. The molecular weight excluding hydrogens is 243 g/mol. The minimum atomic E-state index is -4.16. The first-order valence-corrected chi connectivity index (χ1v) is 6.54. The summed E-state index contributed by atoms with van der Waals surface area (Å²) in [5, 5.41) is 0. The van der Waals surface area contributed by atoms with E-state index < -0.39 is 17.5 Å². The van der Waals surface area contributed by atoms with Crippen LogP contribution in [0, 0.1) is 17.3 Å². The summed E-state index contributed by atoms with van der Waals surface area (Å²) in [5.41, 5.74) is -0.879. The normalized spacial score (nSPS) is 28.3. The molecule has 1 heterocycles. The molecule has 2 nitrogen and oxygen atoms in total. The highest BCUT2D eigenvalue weighted by molar-refractivity contribution is 5.76. The lowest BCUT2D eigenvalue weighted by Gasteiger charge is -2.44. The van der Waals surface area contributed by atoms with Crippen LogP contribution in [0.4, 0.5) is 13.2 Å². The van der Waals surface area contributed by atoms with Gasteiger partial charge in [-0.25, -0.2) is 0 Å². The lowest BCUT2D eigenvalue weighted by Crippen LogP contribution is -2.52. The molecule has 1 atom stereocenters. The summed E-state index contributed by atoms with van der Waals surface area (Å²) in [6, 6.07) is 0. The van der Waals surface area contributed by atoms with Gasteiger partial charge < -0.3 is 4.90 Å². The summed E-state index contributed by atoms with van der Waals surface area (Å²) in [7, 11) is 0. The van der Waals surface area contributed by atoms with E-state index in [2.05, 4.69) is 0 Å². The molecule has 0 spiro atoms. The Bertz CT molecular complexity index is 334. The number of nitrogens with zero attached hydrogens (tertiary/aromatic N) is 1. The molecule has 1 aliphatic heterocycles. The number of alkyl halides is 3. The lowest BCUT2D eigenvalue weighted by atomic mass is 9.73. The van der Waals surface area contributed by atoms with Crippen molar-refractivity contribution in [2.45, 2.75) is 45.7 Å². The Labute approximate surface area is 106 Å². The highest BCUT2D eigenvalue weighted by atomic mass is 19.4. The topological polar surface area (TPSA) is 20.3 Å². The number of hydrogen-bond acceptors (Lipinski definition) is 1. The van der Waals surface area contributed by atoms with Gasteiger partial charge in [0, 0.05) is 19.5 Å². The molecule has 104 valence electrons. The van der Waals surface area contributed by atoms with Crippen molar-refractivity contribution in [2.75, 3.05) is 13.1 Å². The van der Waals surface area contributed by atoms with Crippen LogP contribution in [-0.2, 0) is 4.79 Å². The number of carbonyl (C=O) groups excluding carboxylic acids is 1. The zero-order valence-corrected chi connectivity index (χ0v) is 10.9. The first-order valence-electron chi connectivity index (χ1n) is 6.54. The Kier molecular flexibility index (Phi) is 3.36. The molecule has 18 heavy (non-hydrogen) atoms. The number of amides is 1. The highest BCUT2D eigenvalue weighted by Gasteiger charge is 2.51. The van der Waals surface area contributed by atoms with E-state index in [-0.39, 0.29) is 25.4 Å². The van der Waals surface area contributed by atoms with Gasteiger partial charge in [0.2, 0.25) is 5.91 Å². The number of carbonyl (C=O) groups is 1. The van der Waals surface area contributed by atoms with Gasteiger partial charge in [0.15, 0.2) is 0 Å². The van der Waals surface area contributed by atoms with E-state index in [4.69, 9.17) is 0 Å². The van der Waals surface area contributed by atoms with E-state index >= 15 is 0 Å². The van der Waals surface area contributed by atoms with E-state index in [9.17, 15) is 18.0 Å². The van der Waals surface area contributed by atoms with Crippen LogP contribution in [0.1, 0.15) is 39.5 Å². The first kappa shape index (κ1) is 13.7. The average molecular weight is 263 g/mol. The number of halogens is 3. The third-order valence-electron chi connectivity index (χ3n) is 4.14. The molecule has 2 rings (SSSR count). The van der Waals surface area contributed by atoms with Crippen molar-refractivity contribution < 1.29 is 18.0 Å². The minimum Gasteiger partial charge on any atom is -0.342 e. The van der Waals surface area contributed by atoms with Gasteiger partial charge in [-0.05, 0) is 30.6 Å². The zero-order chi connectivity index (χ0) is 13.6. The van der Waals surface area contributed by atoms with Crippen LogP contribution < -0.4 is 0 Å². The second-order valence-electron chi connectivity index (χ2n) is 6.33. The van der Waals surface area contributed by atoms with E-state index in [0.717, 1.165) is 12.8 Å². The third kappa shape index (κ3) is 2.98. The van der Waals surface area contributed by atoms with Gasteiger partial charge in [0.25, 0.3) is 0 Å². The molecule has 0 aromatic rings. The van der Waals surface area contributed by atoms with Crippen LogP contribution in [0.2, 0.25) is 0 Å². The molecule has 1 saturated heterocycles. The predicted molar refractivity (Wildman–Crippen MR) is 61.9 cm³/mol. The standard InChI is InChI=1S/C13H20F3NO/c1-12(2)8-17(11(18)7-9-3-4-9)6-5-10(12)13(14,15)16/h9-10H,3-8H2,1-2H3/t10-/m1/s1. The van der Waals surface area contributed by atoms with Crippen LogP contribution in [0.3, 0.4) is 0 Å². The van der Waals surface area contributed by atoms with Crippen molar-refractivity contribution in [3.8, 4) is 0 Å². The molecule has 0 aromatic carbocycles. The Morgan fingerprint density at radius 3 is 2.33 bits per heavy atom. The summed E-state index contributed by atoms with van der Waals surface area (Å²) < 4.78 is 38.6. The van der Waals surface area contributed by atoms with Gasteiger partial charge in [-0.1, -0.05) is 13.8 Å². The van der Waals surface area contributed by atoms with Crippen LogP contribution in [-0.4, -0.2) is 30.1 Å². The number of rotatable bonds is 2. The van der Waals surface area contributed by atoms with E-state index in [0.29, 0.717) is 12.3 Å². The van der Waals surface area contributed by atoms with Gasteiger partial charge >= 0.3 is 6.18 Å². The summed E-state index contributed by atoms with van der Waals surface area (Å²) in [6.07, 6.45) is -1.42. The molecule has 0 unspecified atom stereocenters. The SMILES string of the molecule is CC1(C)CN(C(=O)CC2CC2)CC[C@H]1C(F)(F)F. The van der Waals surface area contributed by atoms with E-state index in [1.165, 1.54) is 0 Å². The van der Waals surface area contributed by atoms with Crippen LogP contribution in [0.25, 0.3) is 0 Å². The van der Waals surface area contributed by atoms with Crippen LogP contribution in [0.5, 0.6) is 0 Å². The lowest BCUT2D eigenvalue weighted by molar-refractivity contribution is -0.217. The molecule has 1 amide bonds. The number of likely N-dealkylation sites (tertiary alicyclic amines) is 1. The van der Waals surface area contributed by atoms with Crippen molar-refractivity contribution in [2.24, 2.45) is 17.3 Å². The van der Waals surface area contributed by atoms with Crippen molar-refractivity contribution >= 4 is 5.91 Å². The number of hydrogen-bond donors (Lipinski definition) is 0. The van der Waals surface area contributed by atoms with Crippen LogP contribution >= 0.6 is 0 Å². The molecule has 2 fully saturated rings. The highest BCUT2D eigenvalue weighted by Crippen LogP contribution is 2.45. The Balaban J connectivity index is 1.98. The maximum atomic E-state index is 12.9. The molecule has 2 aliphatic rings. The maximum absolute atomic E-state index is 12.9. The average Bonchev–Trinajstić information content (AvgIpc) is 2.97. The predicted octanol–water partition coefficient (Wildman–Crippen LogP) is 3.22. The largest absolute Gasteiger partial charge is 0.392 e. The second-order valence-corrected chi connectivity index (χ2v) is 6.33. The Morgan fingerprint density at radius 2 is 1.89 bits per heavy atom. The molecule has 1 saturated carbocycles. The summed E-state index contributed by atoms with van der Waals surface area (Å²) in [6.45, 7) is 3.70. The minimum absolute atomic E-state index is 0.0335. The molecule has 0 N–H and O–H groups in total. The van der Waals surface area contributed by atoms with Crippen molar-refractivity contribution in [1.29, 1.82) is 0 Å². The molecule has 0 aromatic heterocycles.